The van der Waals surface area contributed by atoms with E-state index >= 15 is 0 Å². The maximum absolute atomic E-state index is 11.9. The van der Waals surface area contributed by atoms with Gasteiger partial charge >= 0.3 is 5.97 Å². The molecule has 0 saturated carbocycles. The smallest absolute Gasteiger partial charge is 0.306 e. The van der Waals surface area contributed by atoms with E-state index in [0.29, 0.717) is 12.3 Å². The second-order valence-electron chi connectivity index (χ2n) is 5.31. The van der Waals surface area contributed by atoms with E-state index in [1.807, 2.05) is 19.1 Å². The average Bonchev–Trinajstić information content (AvgIpc) is 2.72. The van der Waals surface area contributed by atoms with Gasteiger partial charge in [0.05, 0.1) is 6.42 Å². The molecule has 1 aliphatic rings. The van der Waals surface area contributed by atoms with E-state index in [1.54, 1.807) is 0 Å². The first-order chi connectivity index (χ1) is 8.58. The third kappa shape index (κ3) is 2.84. The van der Waals surface area contributed by atoms with E-state index < -0.39 is 0 Å². The van der Waals surface area contributed by atoms with Crippen molar-refractivity contribution in [1.82, 2.24) is 0 Å². The van der Waals surface area contributed by atoms with E-state index in [-0.39, 0.29) is 18.0 Å². The third-order valence-electron chi connectivity index (χ3n) is 3.61. The highest BCUT2D eigenvalue weighted by Gasteiger charge is 2.25. The van der Waals surface area contributed by atoms with Crippen molar-refractivity contribution in [1.29, 1.82) is 0 Å². The molecule has 0 radical (unpaired) electrons. The van der Waals surface area contributed by atoms with E-state index in [2.05, 4.69) is 31.3 Å². The van der Waals surface area contributed by atoms with Crippen molar-refractivity contribution < 1.29 is 9.53 Å². The summed E-state index contributed by atoms with van der Waals surface area (Å²) in [6, 6.07) is 8.16. The molecular formula is C15H21NO2. The minimum Gasteiger partial charge on any atom is -0.462 e. The molecule has 0 saturated heterocycles. The molecule has 0 aliphatic carbocycles. The molecule has 1 aromatic carbocycles. The number of benzene rings is 1. The minimum atomic E-state index is -0.0975. The third-order valence-corrected chi connectivity index (χ3v) is 3.61. The van der Waals surface area contributed by atoms with Gasteiger partial charge in [0.1, 0.15) is 6.10 Å². The standard InChI is InChI=1S/C15H21NO2/c1-10(2)11(3)18-15(17)8-12-9-16-14-7-5-4-6-13(12)14/h4-7,10-12,16H,8-9H2,1-3H3. The van der Waals surface area contributed by atoms with Crippen LogP contribution in [0.3, 0.4) is 0 Å². The fourth-order valence-corrected chi connectivity index (χ4v) is 2.13. The average molecular weight is 247 g/mol. The number of carbonyl (C=O) groups excluding carboxylic acids is 1. The molecule has 1 aromatic rings. The van der Waals surface area contributed by atoms with Gasteiger partial charge in [-0.15, -0.1) is 0 Å². The van der Waals surface area contributed by atoms with Crippen LogP contribution in [0.1, 0.15) is 38.7 Å². The van der Waals surface area contributed by atoms with Crippen molar-refractivity contribution in [2.45, 2.75) is 39.2 Å². The normalized spacial score (nSPS) is 19.2. The molecule has 98 valence electrons. The number of hydrogen-bond donors (Lipinski definition) is 1. The Morgan fingerprint density at radius 2 is 2.11 bits per heavy atom. The van der Waals surface area contributed by atoms with E-state index in [1.165, 1.54) is 5.56 Å². The number of fused-ring (bicyclic) bond motifs is 1. The molecule has 0 bridgehead atoms. The van der Waals surface area contributed by atoms with E-state index in [0.717, 1.165) is 12.2 Å². The van der Waals surface area contributed by atoms with Gasteiger partial charge in [-0.3, -0.25) is 4.79 Å². The van der Waals surface area contributed by atoms with Crippen molar-refractivity contribution >= 4 is 11.7 Å². The molecule has 2 atom stereocenters. The molecule has 3 nitrogen and oxygen atoms in total. The van der Waals surface area contributed by atoms with Gasteiger partial charge in [0, 0.05) is 18.2 Å². The first-order valence-corrected chi connectivity index (χ1v) is 6.60. The molecule has 0 aromatic heterocycles. The maximum Gasteiger partial charge on any atom is 0.306 e. The van der Waals surface area contributed by atoms with E-state index in [4.69, 9.17) is 4.74 Å². The van der Waals surface area contributed by atoms with Crippen molar-refractivity contribution in [2.24, 2.45) is 5.92 Å². The van der Waals surface area contributed by atoms with Crippen LogP contribution in [0.25, 0.3) is 0 Å². The van der Waals surface area contributed by atoms with Gasteiger partial charge in [0.15, 0.2) is 0 Å². The number of anilines is 1. The van der Waals surface area contributed by atoms with Crippen LogP contribution < -0.4 is 5.32 Å². The topological polar surface area (TPSA) is 38.3 Å². The fraction of sp³-hybridized carbons (Fsp3) is 0.533. The zero-order valence-electron chi connectivity index (χ0n) is 11.3. The summed E-state index contributed by atoms with van der Waals surface area (Å²) < 4.78 is 5.42. The summed E-state index contributed by atoms with van der Waals surface area (Å²) in [6.07, 6.45) is 0.447. The minimum absolute atomic E-state index is 0.0119. The van der Waals surface area contributed by atoms with Crippen LogP contribution in [0.5, 0.6) is 0 Å². The van der Waals surface area contributed by atoms with Crippen LogP contribution in [0, 0.1) is 5.92 Å². The first-order valence-electron chi connectivity index (χ1n) is 6.60. The van der Waals surface area contributed by atoms with Crippen LogP contribution in [0.15, 0.2) is 24.3 Å². The summed E-state index contributed by atoms with van der Waals surface area (Å²) in [5.74, 6) is 0.510. The van der Waals surface area contributed by atoms with Gasteiger partial charge in [0.25, 0.3) is 0 Å². The highest BCUT2D eigenvalue weighted by Crippen LogP contribution is 2.33. The van der Waals surface area contributed by atoms with Crippen LogP contribution in [-0.2, 0) is 9.53 Å². The van der Waals surface area contributed by atoms with E-state index in [9.17, 15) is 4.79 Å². The number of rotatable bonds is 4. The Labute approximate surface area is 109 Å². The molecule has 1 aliphatic heterocycles. The lowest BCUT2D eigenvalue weighted by Crippen LogP contribution is -2.21. The quantitative estimate of drug-likeness (QED) is 0.830. The zero-order chi connectivity index (χ0) is 13.1. The first kappa shape index (κ1) is 12.9. The monoisotopic (exact) mass is 247 g/mol. The lowest BCUT2D eigenvalue weighted by Gasteiger charge is -2.18. The van der Waals surface area contributed by atoms with Crippen molar-refractivity contribution in [2.75, 3.05) is 11.9 Å². The number of ether oxygens (including phenoxy) is 1. The van der Waals surface area contributed by atoms with Crippen LogP contribution in [0.2, 0.25) is 0 Å². The summed E-state index contributed by atoms with van der Waals surface area (Å²) in [6.45, 7) is 6.89. The molecule has 2 unspecified atom stereocenters. The van der Waals surface area contributed by atoms with Crippen molar-refractivity contribution in [3.8, 4) is 0 Å². The molecule has 3 heteroatoms. The largest absolute Gasteiger partial charge is 0.462 e. The van der Waals surface area contributed by atoms with Crippen molar-refractivity contribution in [3.63, 3.8) is 0 Å². The molecular weight excluding hydrogens is 226 g/mol. The van der Waals surface area contributed by atoms with Gasteiger partial charge in [-0.25, -0.2) is 0 Å². The molecule has 0 fully saturated rings. The lowest BCUT2D eigenvalue weighted by molar-refractivity contribution is -0.150. The number of nitrogens with one attached hydrogen (secondary N) is 1. The summed E-state index contributed by atoms with van der Waals surface area (Å²) in [5.41, 5.74) is 2.37. The van der Waals surface area contributed by atoms with Gasteiger partial charge in [0.2, 0.25) is 0 Å². The Balaban J connectivity index is 1.94. The number of para-hydroxylation sites is 1. The highest BCUT2D eigenvalue weighted by molar-refractivity contribution is 5.72. The molecule has 18 heavy (non-hydrogen) atoms. The second kappa shape index (κ2) is 5.42. The predicted octanol–water partition coefficient (Wildman–Crippen LogP) is 3.17. The van der Waals surface area contributed by atoms with Crippen molar-refractivity contribution in [3.05, 3.63) is 29.8 Å². The Morgan fingerprint density at radius 3 is 2.83 bits per heavy atom. The van der Waals surface area contributed by atoms with Crippen LogP contribution in [-0.4, -0.2) is 18.6 Å². The lowest BCUT2D eigenvalue weighted by atomic mass is 9.98. The zero-order valence-corrected chi connectivity index (χ0v) is 11.3. The predicted molar refractivity (Wildman–Crippen MR) is 72.7 cm³/mol. The summed E-state index contributed by atoms with van der Waals surface area (Å²) in [7, 11) is 0. The van der Waals surface area contributed by atoms with Gasteiger partial charge in [-0.2, -0.15) is 0 Å². The Bertz CT molecular complexity index is 428. The molecule has 2 rings (SSSR count). The second-order valence-corrected chi connectivity index (χ2v) is 5.31. The Morgan fingerprint density at radius 1 is 1.39 bits per heavy atom. The highest BCUT2D eigenvalue weighted by atomic mass is 16.5. The fourth-order valence-electron chi connectivity index (χ4n) is 2.13. The Hall–Kier alpha value is -1.51. The molecule has 1 heterocycles. The summed E-state index contributed by atoms with van der Waals surface area (Å²) in [5, 5.41) is 3.32. The number of hydrogen-bond acceptors (Lipinski definition) is 3. The van der Waals surface area contributed by atoms with Gasteiger partial charge in [-0.1, -0.05) is 32.0 Å². The van der Waals surface area contributed by atoms with Crippen LogP contribution in [0.4, 0.5) is 5.69 Å². The molecule has 0 amide bonds. The Kier molecular flexibility index (Phi) is 3.90. The SMILES string of the molecule is CC(C)C(C)OC(=O)CC1CNc2ccccc21. The summed E-state index contributed by atoms with van der Waals surface area (Å²) in [4.78, 5) is 11.9. The molecule has 1 N–H and O–H groups in total. The van der Waals surface area contributed by atoms with Gasteiger partial charge < -0.3 is 10.1 Å². The number of carbonyl (C=O) groups is 1. The maximum atomic E-state index is 11.9. The summed E-state index contributed by atoms with van der Waals surface area (Å²) >= 11 is 0. The number of esters is 1. The van der Waals surface area contributed by atoms with Crippen LogP contribution >= 0.6 is 0 Å². The molecule has 0 spiro atoms. The van der Waals surface area contributed by atoms with Gasteiger partial charge in [-0.05, 0) is 24.5 Å².